The second-order valence-electron chi connectivity index (χ2n) is 3.51. The molecular weight excluding hydrogens is 240 g/mol. The average Bonchev–Trinajstić information content (AvgIpc) is 2.34. The predicted molar refractivity (Wildman–Crippen MR) is 69.0 cm³/mol. The van der Waals surface area contributed by atoms with Crippen molar-refractivity contribution < 1.29 is 4.92 Å². The molecule has 0 aliphatic carbocycles. The Labute approximate surface area is 104 Å². The van der Waals surface area contributed by atoms with Crippen LogP contribution in [0.15, 0.2) is 17.2 Å². The van der Waals surface area contributed by atoms with Crippen LogP contribution in [0.2, 0.25) is 0 Å². The molecule has 0 amide bonds. The van der Waals surface area contributed by atoms with Crippen molar-refractivity contribution in [2.24, 2.45) is 5.84 Å². The summed E-state index contributed by atoms with van der Waals surface area (Å²) in [5, 5.41) is 11.3. The number of nitrogen functional groups attached to an aromatic ring is 1. The molecule has 1 rings (SSSR count). The molecule has 0 saturated heterocycles. The lowest BCUT2D eigenvalue weighted by Gasteiger charge is -2.04. The Morgan fingerprint density at radius 2 is 2.29 bits per heavy atom. The molecule has 0 bridgehead atoms. The highest BCUT2D eigenvalue weighted by atomic mass is 32.2. The number of hydrogen-bond acceptors (Lipinski definition) is 6. The van der Waals surface area contributed by atoms with E-state index in [1.165, 1.54) is 23.9 Å². The zero-order chi connectivity index (χ0) is 12.7. The van der Waals surface area contributed by atoms with Gasteiger partial charge in [-0.25, -0.2) is 10.8 Å². The Kier molecular flexibility index (Phi) is 5.71. The van der Waals surface area contributed by atoms with Gasteiger partial charge < -0.3 is 5.43 Å². The zero-order valence-corrected chi connectivity index (χ0v) is 10.5. The van der Waals surface area contributed by atoms with E-state index in [0.29, 0.717) is 10.8 Å². The molecule has 7 heteroatoms. The maximum Gasteiger partial charge on any atom is 0.275 e. The lowest BCUT2D eigenvalue weighted by molar-refractivity contribution is -0.385. The van der Waals surface area contributed by atoms with Crippen molar-refractivity contribution in [1.29, 1.82) is 0 Å². The number of rotatable bonds is 7. The molecule has 6 nitrogen and oxygen atoms in total. The van der Waals surface area contributed by atoms with Gasteiger partial charge in [-0.15, -0.1) is 11.8 Å². The molecule has 0 atom stereocenters. The van der Waals surface area contributed by atoms with Gasteiger partial charge in [-0.3, -0.25) is 10.1 Å². The largest absolute Gasteiger partial charge is 0.308 e. The standard InChI is InChI=1S/C10H16N4O2S/c1-2-3-4-5-17-10-7-8(14(15)16)6-9(12-10)13-11/h6-7H,2-5,11H2,1H3,(H,12,13). The average molecular weight is 256 g/mol. The molecule has 0 saturated carbocycles. The molecule has 0 spiro atoms. The summed E-state index contributed by atoms with van der Waals surface area (Å²) >= 11 is 1.51. The van der Waals surface area contributed by atoms with Gasteiger partial charge in [-0.1, -0.05) is 19.8 Å². The van der Waals surface area contributed by atoms with Crippen LogP contribution in [0, 0.1) is 10.1 Å². The second kappa shape index (κ2) is 7.08. The Hall–Kier alpha value is -1.34. The van der Waals surface area contributed by atoms with Crippen molar-refractivity contribution in [3.63, 3.8) is 0 Å². The van der Waals surface area contributed by atoms with Gasteiger partial charge in [0, 0.05) is 6.07 Å². The molecule has 3 N–H and O–H groups in total. The third-order valence-corrected chi connectivity index (χ3v) is 3.14. The van der Waals surface area contributed by atoms with Crippen LogP contribution in [-0.4, -0.2) is 15.7 Å². The monoisotopic (exact) mass is 256 g/mol. The first-order valence-electron chi connectivity index (χ1n) is 5.43. The van der Waals surface area contributed by atoms with Crippen LogP contribution in [-0.2, 0) is 0 Å². The van der Waals surface area contributed by atoms with Crippen LogP contribution in [0.4, 0.5) is 11.5 Å². The summed E-state index contributed by atoms with van der Waals surface area (Å²) < 4.78 is 0. The van der Waals surface area contributed by atoms with E-state index < -0.39 is 4.92 Å². The molecule has 0 aliphatic rings. The van der Waals surface area contributed by atoms with Gasteiger partial charge in [0.1, 0.15) is 10.8 Å². The first-order chi connectivity index (χ1) is 8.17. The normalized spacial score (nSPS) is 10.2. The van der Waals surface area contributed by atoms with Crippen molar-refractivity contribution in [2.75, 3.05) is 11.2 Å². The quantitative estimate of drug-likeness (QED) is 0.256. The van der Waals surface area contributed by atoms with E-state index in [1.807, 2.05) is 0 Å². The molecule has 0 unspecified atom stereocenters. The number of unbranched alkanes of at least 4 members (excludes halogenated alkanes) is 2. The van der Waals surface area contributed by atoms with E-state index in [4.69, 9.17) is 5.84 Å². The van der Waals surface area contributed by atoms with Crippen LogP contribution in [0.25, 0.3) is 0 Å². The number of hydrazine groups is 1. The Balaban J connectivity index is 2.70. The Morgan fingerprint density at radius 3 is 2.88 bits per heavy atom. The van der Waals surface area contributed by atoms with Crippen molar-refractivity contribution in [3.05, 3.63) is 22.2 Å². The minimum absolute atomic E-state index is 0.00550. The fraction of sp³-hybridized carbons (Fsp3) is 0.500. The Morgan fingerprint density at radius 1 is 1.53 bits per heavy atom. The van der Waals surface area contributed by atoms with Gasteiger partial charge in [0.25, 0.3) is 5.69 Å². The van der Waals surface area contributed by atoms with E-state index in [2.05, 4.69) is 17.3 Å². The van der Waals surface area contributed by atoms with Crippen LogP contribution in [0.1, 0.15) is 26.2 Å². The van der Waals surface area contributed by atoms with E-state index in [-0.39, 0.29) is 5.69 Å². The molecule has 0 aliphatic heterocycles. The maximum atomic E-state index is 10.7. The van der Waals surface area contributed by atoms with Gasteiger partial charge in [0.05, 0.1) is 11.0 Å². The number of anilines is 1. The molecule has 0 fully saturated rings. The van der Waals surface area contributed by atoms with Crippen molar-refractivity contribution in [2.45, 2.75) is 31.2 Å². The summed E-state index contributed by atoms with van der Waals surface area (Å²) in [6, 6.07) is 2.79. The molecule has 0 radical (unpaired) electrons. The summed E-state index contributed by atoms with van der Waals surface area (Å²) in [6.45, 7) is 2.13. The summed E-state index contributed by atoms with van der Waals surface area (Å²) in [5.41, 5.74) is 2.34. The number of nitrogens with zero attached hydrogens (tertiary/aromatic N) is 2. The molecule has 1 aromatic heterocycles. The third-order valence-electron chi connectivity index (χ3n) is 2.14. The molecule has 1 aromatic rings. The van der Waals surface area contributed by atoms with Crippen LogP contribution in [0.5, 0.6) is 0 Å². The first-order valence-corrected chi connectivity index (χ1v) is 6.41. The second-order valence-corrected chi connectivity index (χ2v) is 4.62. The van der Waals surface area contributed by atoms with Crippen LogP contribution in [0.3, 0.4) is 0 Å². The molecular formula is C10H16N4O2S. The van der Waals surface area contributed by atoms with Crippen molar-refractivity contribution in [1.82, 2.24) is 4.98 Å². The van der Waals surface area contributed by atoms with Crippen molar-refractivity contribution in [3.8, 4) is 0 Å². The highest BCUT2D eigenvalue weighted by Gasteiger charge is 2.10. The highest BCUT2D eigenvalue weighted by molar-refractivity contribution is 7.99. The van der Waals surface area contributed by atoms with Crippen molar-refractivity contribution >= 4 is 23.3 Å². The van der Waals surface area contributed by atoms with E-state index >= 15 is 0 Å². The van der Waals surface area contributed by atoms with E-state index in [1.54, 1.807) is 0 Å². The summed E-state index contributed by atoms with van der Waals surface area (Å²) in [5.74, 6) is 6.45. The lowest BCUT2D eigenvalue weighted by Crippen LogP contribution is -2.09. The van der Waals surface area contributed by atoms with Gasteiger partial charge in [-0.2, -0.15) is 0 Å². The fourth-order valence-electron chi connectivity index (χ4n) is 1.27. The van der Waals surface area contributed by atoms with Gasteiger partial charge in [0.2, 0.25) is 0 Å². The maximum absolute atomic E-state index is 10.7. The number of nitrogens with one attached hydrogen (secondary N) is 1. The van der Waals surface area contributed by atoms with Crippen LogP contribution < -0.4 is 11.3 Å². The SMILES string of the molecule is CCCCCSc1cc([N+](=O)[O-])cc(NN)n1. The zero-order valence-electron chi connectivity index (χ0n) is 9.68. The predicted octanol–water partition coefficient (Wildman–Crippen LogP) is 2.56. The minimum Gasteiger partial charge on any atom is -0.308 e. The van der Waals surface area contributed by atoms with Gasteiger partial charge in [0.15, 0.2) is 0 Å². The summed E-state index contributed by atoms with van der Waals surface area (Å²) in [4.78, 5) is 14.4. The summed E-state index contributed by atoms with van der Waals surface area (Å²) in [6.07, 6.45) is 3.39. The van der Waals surface area contributed by atoms with Crippen LogP contribution >= 0.6 is 11.8 Å². The smallest absolute Gasteiger partial charge is 0.275 e. The fourth-order valence-corrected chi connectivity index (χ4v) is 2.20. The number of aromatic nitrogens is 1. The summed E-state index contributed by atoms with van der Waals surface area (Å²) in [7, 11) is 0. The Bertz CT molecular complexity index is 387. The van der Waals surface area contributed by atoms with Gasteiger partial charge >= 0.3 is 0 Å². The number of nitro groups is 1. The molecule has 1 heterocycles. The number of hydrogen-bond donors (Lipinski definition) is 2. The minimum atomic E-state index is -0.446. The van der Waals surface area contributed by atoms with Gasteiger partial charge in [-0.05, 0) is 12.2 Å². The lowest BCUT2D eigenvalue weighted by atomic mass is 10.3. The van der Waals surface area contributed by atoms with E-state index in [0.717, 1.165) is 25.0 Å². The number of thioether (sulfide) groups is 1. The third kappa shape index (κ3) is 4.58. The topological polar surface area (TPSA) is 94.1 Å². The number of pyridine rings is 1. The molecule has 17 heavy (non-hydrogen) atoms. The molecule has 0 aromatic carbocycles. The number of nitrogens with two attached hydrogens (primary N) is 1. The van der Waals surface area contributed by atoms with E-state index in [9.17, 15) is 10.1 Å². The highest BCUT2D eigenvalue weighted by Crippen LogP contribution is 2.24. The first kappa shape index (κ1) is 13.7. The molecule has 94 valence electrons.